The zero-order valence-corrected chi connectivity index (χ0v) is 13.0. The van der Waals surface area contributed by atoms with Gasteiger partial charge in [0.1, 0.15) is 6.61 Å². The van der Waals surface area contributed by atoms with Crippen LogP contribution in [0.5, 0.6) is 0 Å². The second-order valence-corrected chi connectivity index (χ2v) is 7.79. The van der Waals surface area contributed by atoms with Gasteiger partial charge in [-0.1, -0.05) is 0 Å². The molecule has 0 atom stereocenters. The Morgan fingerprint density at radius 3 is 2.45 bits per heavy atom. The summed E-state index contributed by atoms with van der Waals surface area (Å²) in [5.74, 6) is 0.0619. The van der Waals surface area contributed by atoms with Gasteiger partial charge in [0, 0.05) is 25.7 Å². The fourth-order valence-electron chi connectivity index (χ4n) is 3.29. The Morgan fingerprint density at radius 1 is 1.35 bits per heavy atom. The van der Waals surface area contributed by atoms with E-state index < -0.39 is 10.0 Å². The lowest BCUT2D eigenvalue weighted by molar-refractivity contribution is -0.139. The number of sulfonamides is 1. The van der Waals surface area contributed by atoms with Crippen LogP contribution in [0.1, 0.15) is 32.6 Å². The lowest BCUT2D eigenvalue weighted by Gasteiger charge is -2.52. The smallest absolute Gasteiger partial charge is 0.248 e. The van der Waals surface area contributed by atoms with E-state index in [2.05, 4.69) is 4.72 Å². The first-order valence-electron chi connectivity index (χ1n) is 7.16. The lowest BCUT2D eigenvalue weighted by Crippen LogP contribution is -2.55. The predicted octanol–water partition coefficient (Wildman–Crippen LogP) is 0.343. The summed E-state index contributed by atoms with van der Waals surface area (Å²) in [6.45, 7) is 4.13. The largest absolute Gasteiger partial charge is 0.372 e. The van der Waals surface area contributed by atoms with Crippen molar-refractivity contribution in [3.63, 3.8) is 0 Å². The Balaban J connectivity index is 1.74. The highest BCUT2D eigenvalue weighted by Gasteiger charge is 2.46. The zero-order valence-electron chi connectivity index (χ0n) is 12.2. The molecule has 1 aliphatic carbocycles. The van der Waals surface area contributed by atoms with E-state index in [1.165, 1.54) is 6.26 Å². The quantitative estimate of drug-likeness (QED) is 0.795. The summed E-state index contributed by atoms with van der Waals surface area (Å²) >= 11 is 0. The molecule has 0 aromatic rings. The van der Waals surface area contributed by atoms with Gasteiger partial charge in [-0.15, -0.1) is 0 Å². The molecule has 0 aromatic carbocycles. The third-order valence-electron chi connectivity index (χ3n) is 4.35. The Hall–Kier alpha value is -0.660. The molecule has 1 amide bonds. The van der Waals surface area contributed by atoms with Crippen molar-refractivity contribution in [2.75, 3.05) is 32.6 Å². The van der Waals surface area contributed by atoms with Gasteiger partial charge in [0.2, 0.25) is 15.9 Å². The molecule has 6 nitrogen and oxygen atoms in total. The topological polar surface area (TPSA) is 75.7 Å². The molecular formula is C13H24N2O4S. The van der Waals surface area contributed by atoms with Gasteiger partial charge in [-0.25, -0.2) is 13.1 Å². The number of amides is 1. The fourth-order valence-corrected chi connectivity index (χ4v) is 4.06. The molecule has 1 spiro atoms. The number of ether oxygens (including phenoxy) is 1. The van der Waals surface area contributed by atoms with Crippen LogP contribution in [0.3, 0.4) is 0 Å². The lowest BCUT2D eigenvalue weighted by atomic mass is 9.60. The van der Waals surface area contributed by atoms with Crippen molar-refractivity contribution >= 4 is 15.9 Å². The van der Waals surface area contributed by atoms with Crippen LogP contribution in [0.25, 0.3) is 0 Å². The fraction of sp³-hybridized carbons (Fsp3) is 0.923. The molecular weight excluding hydrogens is 280 g/mol. The van der Waals surface area contributed by atoms with Gasteiger partial charge in [-0.2, -0.15) is 0 Å². The molecule has 0 unspecified atom stereocenters. The highest BCUT2D eigenvalue weighted by molar-refractivity contribution is 7.88. The van der Waals surface area contributed by atoms with Gasteiger partial charge in [-0.05, 0) is 38.0 Å². The number of nitrogens with zero attached hydrogens (tertiary/aromatic N) is 1. The summed E-state index contributed by atoms with van der Waals surface area (Å²) in [5, 5.41) is 0. The summed E-state index contributed by atoms with van der Waals surface area (Å²) in [7, 11) is -3.11. The molecule has 1 saturated heterocycles. The number of nitrogens with one attached hydrogen (secondary N) is 1. The van der Waals surface area contributed by atoms with Crippen LogP contribution in [-0.2, 0) is 19.6 Å². The number of likely N-dealkylation sites (tertiary alicyclic amines) is 1. The van der Waals surface area contributed by atoms with Crippen LogP contribution in [-0.4, -0.2) is 57.8 Å². The van der Waals surface area contributed by atoms with Crippen LogP contribution in [0.2, 0.25) is 0 Å². The minimum atomic E-state index is -3.11. The normalized spacial score (nSPS) is 22.8. The summed E-state index contributed by atoms with van der Waals surface area (Å²) < 4.78 is 30.1. The van der Waals surface area contributed by atoms with Crippen molar-refractivity contribution in [1.29, 1.82) is 0 Å². The molecule has 1 saturated carbocycles. The van der Waals surface area contributed by atoms with Crippen molar-refractivity contribution in [2.24, 2.45) is 5.41 Å². The molecule has 1 aliphatic heterocycles. The van der Waals surface area contributed by atoms with Gasteiger partial charge in [-0.3, -0.25) is 4.79 Å². The van der Waals surface area contributed by atoms with Crippen LogP contribution in [0.4, 0.5) is 0 Å². The van der Waals surface area contributed by atoms with Crippen molar-refractivity contribution in [2.45, 2.75) is 38.6 Å². The third-order valence-corrected chi connectivity index (χ3v) is 5.11. The van der Waals surface area contributed by atoms with Crippen molar-refractivity contribution in [1.82, 2.24) is 9.62 Å². The molecule has 0 bridgehead atoms. The second-order valence-electron chi connectivity index (χ2n) is 6.01. The summed E-state index contributed by atoms with van der Waals surface area (Å²) in [6, 6.07) is 0.0793. The first-order valence-corrected chi connectivity index (χ1v) is 9.05. The summed E-state index contributed by atoms with van der Waals surface area (Å²) in [4.78, 5) is 13.7. The Morgan fingerprint density at radius 2 is 1.95 bits per heavy atom. The van der Waals surface area contributed by atoms with Crippen molar-refractivity contribution in [3.8, 4) is 0 Å². The van der Waals surface area contributed by atoms with Gasteiger partial charge in [0.25, 0.3) is 0 Å². The van der Waals surface area contributed by atoms with Crippen LogP contribution >= 0.6 is 0 Å². The molecule has 2 rings (SSSR count). The molecule has 0 radical (unpaired) electrons. The van der Waals surface area contributed by atoms with E-state index in [1.54, 1.807) is 0 Å². The number of hydrogen-bond acceptors (Lipinski definition) is 4. The van der Waals surface area contributed by atoms with Gasteiger partial charge in [0.05, 0.1) is 6.26 Å². The first kappa shape index (κ1) is 15.7. The summed E-state index contributed by atoms with van der Waals surface area (Å²) in [6.07, 6.45) is 4.92. The van der Waals surface area contributed by atoms with Crippen molar-refractivity contribution < 1.29 is 17.9 Å². The number of carbonyl (C=O) groups excluding carboxylic acids is 1. The number of carbonyl (C=O) groups is 1. The molecule has 1 N–H and O–H groups in total. The SMILES string of the molecule is CCOCC(=O)N1CCC2(CC1)CC(NS(C)(=O)=O)C2. The third kappa shape index (κ3) is 3.93. The Kier molecular flexibility index (Phi) is 4.71. The molecule has 20 heavy (non-hydrogen) atoms. The minimum absolute atomic E-state index is 0.0619. The van der Waals surface area contributed by atoms with Gasteiger partial charge in [0.15, 0.2) is 0 Å². The van der Waals surface area contributed by atoms with E-state index in [9.17, 15) is 13.2 Å². The summed E-state index contributed by atoms with van der Waals surface area (Å²) in [5.41, 5.74) is 0.241. The maximum atomic E-state index is 11.8. The highest BCUT2D eigenvalue weighted by atomic mass is 32.2. The Bertz CT molecular complexity index is 447. The molecule has 1 heterocycles. The second kappa shape index (κ2) is 5.99. The number of rotatable bonds is 5. The molecule has 116 valence electrons. The molecule has 2 fully saturated rings. The maximum Gasteiger partial charge on any atom is 0.248 e. The van der Waals surface area contributed by atoms with Gasteiger partial charge >= 0.3 is 0 Å². The van der Waals surface area contributed by atoms with E-state index in [0.717, 1.165) is 38.8 Å². The van der Waals surface area contributed by atoms with Crippen LogP contribution in [0, 0.1) is 5.41 Å². The maximum absolute atomic E-state index is 11.8. The zero-order chi connectivity index (χ0) is 14.8. The average molecular weight is 304 g/mol. The predicted molar refractivity (Wildman–Crippen MR) is 75.7 cm³/mol. The standard InChI is InChI=1S/C13H24N2O4S/c1-3-19-10-12(16)15-6-4-13(5-7-15)8-11(9-13)14-20(2,17)18/h11,14H,3-10H2,1-2H3. The molecule has 0 aromatic heterocycles. The van der Waals surface area contributed by atoms with Gasteiger partial charge < -0.3 is 9.64 Å². The molecule has 2 aliphatic rings. The number of piperidine rings is 1. The highest BCUT2D eigenvalue weighted by Crippen LogP contribution is 2.49. The minimum Gasteiger partial charge on any atom is -0.372 e. The van der Waals surface area contributed by atoms with E-state index >= 15 is 0 Å². The van der Waals surface area contributed by atoms with E-state index in [0.29, 0.717) is 6.61 Å². The van der Waals surface area contributed by atoms with E-state index in [4.69, 9.17) is 4.74 Å². The molecule has 7 heteroatoms. The average Bonchev–Trinajstić information content (AvgIpc) is 2.33. The number of hydrogen-bond donors (Lipinski definition) is 1. The van der Waals surface area contributed by atoms with E-state index in [-0.39, 0.29) is 24.0 Å². The van der Waals surface area contributed by atoms with Crippen molar-refractivity contribution in [3.05, 3.63) is 0 Å². The Labute approximate surface area is 120 Å². The monoisotopic (exact) mass is 304 g/mol. The van der Waals surface area contributed by atoms with E-state index in [1.807, 2.05) is 11.8 Å². The van der Waals surface area contributed by atoms with Crippen LogP contribution < -0.4 is 4.72 Å². The van der Waals surface area contributed by atoms with Crippen LogP contribution in [0.15, 0.2) is 0 Å². The first-order chi connectivity index (χ1) is 9.34.